The molecule has 5 nitrogen and oxygen atoms in total. The van der Waals surface area contributed by atoms with E-state index >= 15 is 0 Å². The first-order chi connectivity index (χ1) is 9.73. The minimum absolute atomic E-state index is 0.447. The van der Waals surface area contributed by atoms with Crippen LogP contribution in [-0.2, 0) is 11.3 Å². The molecule has 0 bridgehead atoms. The Morgan fingerprint density at radius 3 is 2.60 bits per heavy atom. The third kappa shape index (κ3) is 6.07. The molecule has 0 saturated carbocycles. The number of thioether (sulfide) groups is 1. The Bertz CT molecular complexity index is 361. The highest BCUT2D eigenvalue weighted by Crippen LogP contribution is 2.19. The van der Waals surface area contributed by atoms with Crippen LogP contribution in [0.1, 0.15) is 26.6 Å². The van der Waals surface area contributed by atoms with Crippen LogP contribution in [0.25, 0.3) is 0 Å². The zero-order valence-electron chi connectivity index (χ0n) is 13.0. The quantitative estimate of drug-likeness (QED) is 0.529. The lowest BCUT2D eigenvalue weighted by Crippen LogP contribution is -2.25. The summed E-state index contributed by atoms with van der Waals surface area (Å²) in [6.07, 6.45) is 0. The van der Waals surface area contributed by atoms with E-state index in [1.165, 1.54) is 0 Å². The van der Waals surface area contributed by atoms with Gasteiger partial charge in [0.15, 0.2) is 5.82 Å². The molecule has 1 N–H and O–H groups in total. The second-order valence-corrected chi connectivity index (χ2v) is 5.46. The molecule has 0 aliphatic heterocycles. The van der Waals surface area contributed by atoms with Gasteiger partial charge in [-0.2, -0.15) is 0 Å². The molecule has 0 aromatic carbocycles. The van der Waals surface area contributed by atoms with Crippen molar-refractivity contribution in [1.29, 1.82) is 0 Å². The maximum Gasteiger partial charge on any atom is 0.157 e. The molecule has 1 aromatic rings. The summed E-state index contributed by atoms with van der Waals surface area (Å²) in [4.78, 5) is 11.4. The van der Waals surface area contributed by atoms with E-state index in [9.17, 15) is 0 Å². The lowest BCUT2D eigenvalue weighted by Gasteiger charge is -2.17. The maximum absolute atomic E-state index is 5.12. The first-order valence-electron chi connectivity index (χ1n) is 7.19. The van der Waals surface area contributed by atoms with Crippen molar-refractivity contribution in [2.24, 2.45) is 0 Å². The molecule has 0 radical (unpaired) electrons. The zero-order chi connectivity index (χ0) is 14.8. The summed E-state index contributed by atoms with van der Waals surface area (Å²) in [6.45, 7) is 11.0. The molecule has 1 heterocycles. The SMILES string of the molecule is CCNc1cc(SCCN(CC)CC)nc(COC)n1. The van der Waals surface area contributed by atoms with Crippen LogP contribution in [-0.4, -0.2) is 53.9 Å². The molecule has 6 heteroatoms. The highest BCUT2D eigenvalue weighted by Gasteiger charge is 2.06. The number of hydrogen-bond acceptors (Lipinski definition) is 6. The lowest BCUT2D eigenvalue weighted by atomic mass is 10.5. The molecule has 0 atom stereocenters. The highest BCUT2D eigenvalue weighted by molar-refractivity contribution is 7.99. The van der Waals surface area contributed by atoms with Crippen molar-refractivity contribution in [2.75, 3.05) is 44.4 Å². The smallest absolute Gasteiger partial charge is 0.157 e. The Morgan fingerprint density at radius 2 is 2.00 bits per heavy atom. The second-order valence-electron chi connectivity index (χ2n) is 4.35. The summed E-state index contributed by atoms with van der Waals surface area (Å²) in [6, 6.07) is 2.01. The van der Waals surface area contributed by atoms with Gasteiger partial charge in [0.25, 0.3) is 0 Å². The summed E-state index contributed by atoms with van der Waals surface area (Å²) >= 11 is 1.77. The Hall–Kier alpha value is -0.850. The van der Waals surface area contributed by atoms with Crippen molar-refractivity contribution in [2.45, 2.75) is 32.4 Å². The molecule has 1 aromatic heterocycles. The summed E-state index contributed by atoms with van der Waals surface area (Å²) < 4.78 is 5.12. The number of ether oxygens (including phenoxy) is 1. The predicted octanol–water partition coefficient (Wildman–Crippen LogP) is 2.49. The van der Waals surface area contributed by atoms with E-state index in [0.717, 1.165) is 48.6 Å². The topological polar surface area (TPSA) is 50.3 Å². The van der Waals surface area contributed by atoms with Crippen molar-refractivity contribution in [3.63, 3.8) is 0 Å². The number of anilines is 1. The normalized spacial score (nSPS) is 11.1. The number of methoxy groups -OCH3 is 1. The summed E-state index contributed by atoms with van der Waals surface area (Å²) in [5.74, 6) is 2.65. The molecule has 0 amide bonds. The van der Waals surface area contributed by atoms with Gasteiger partial charge in [-0.15, -0.1) is 11.8 Å². The molecule has 20 heavy (non-hydrogen) atoms. The monoisotopic (exact) mass is 298 g/mol. The van der Waals surface area contributed by atoms with Crippen LogP contribution in [0, 0.1) is 0 Å². The van der Waals surface area contributed by atoms with Crippen molar-refractivity contribution >= 4 is 17.6 Å². The second kappa shape index (κ2) is 9.96. The van der Waals surface area contributed by atoms with E-state index in [-0.39, 0.29) is 0 Å². The fourth-order valence-corrected chi connectivity index (χ4v) is 2.75. The molecule has 0 unspecified atom stereocenters. The van der Waals surface area contributed by atoms with Gasteiger partial charge in [0.2, 0.25) is 0 Å². The fraction of sp³-hybridized carbons (Fsp3) is 0.714. The van der Waals surface area contributed by atoms with Gasteiger partial charge in [0.1, 0.15) is 17.5 Å². The van der Waals surface area contributed by atoms with Gasteiger partial charge in [-0.05, 0) is 20.0 Å². The average Bonchev–Trinajstić information content (AvgIpc) is 2.44. The number of nitrogens with one attached hydrogen (secondary N) is 1. The molecule has 0 spiro atoms. The van der Waals surface area contributed by atoms with Crippen LogP contribution in [0.15, 0.2) is 11.1 Å². The van der Waals surface area contributed by atoms with Gasteiger partial charge < -0.3 is 15.0 Å². The maximum atomic E-state index is 5.12. The van der Waals surface area contributed by atoms with E-state index in [4.69, 9.17) is 4.74 Å². The number of aromatic nitrogens is 2. The van der Waals surface area contributed by atoms with Crippen molar-refractivity contribution in [3.05, 3.63) is 11.9 Å². The average molecular weight is 298 g/mol. The highest BCUT2D eigenvalue weighted by atomic mass is 32.2. The first kappa shape index (κ1) is 17.2. The summed E-state index contributed by atoms with van der Waals surface area (Å²) in [7, 11) is 1.66. The van der Waals surface area contributed by atoms with Crippen LogP contribution in [0.5, 0.6) is 0 Å². The van der Waals surface area contributed by atoms with Crippen molar-refractivity contribution in [3.8, 4) is 0 Å². The van der Waals surface area contributed by atoms with Gasteiger partial charge in [-0.3, -0.25) is 0 Å². The van der Waals surface area contributed by atoms with Crippen molar-refractivity contribution in [1.82, 2.24) is 14.9 Å². The standard InChI is InChI=1S/C14H26N4OS/c1-5-15-12-10-14(17-13(16-12)11-19-4)20-9-8-18(6-2)7-3/h10H,5-9,11H2,1-4H3,(H,15,16,17). The molecule has 0 fully saturated rings. The third-order valence-electron chi connectivity index (χ3n) is 2.93. The number of hydrogen-bond donors (Lipinski definition) is 1. The van der Waals surface area contributed by atoms with Crippen LogP contribution in [0.2, 0.25) is 0 Å². The molecular weight excluding hydrogens is 272 g/mol. The molecule has 0 aliphatic rings. The fourth-order valence-electron chi connectivity index (χ4n) is 1.83. The van der Waals surface area contributed by atoms with Crippen LogP contribution in [0.4, 0.5) is 5.82 Å². The number of nitrogens with zero attached hydrogens (tertiary/aromatic N) is 3. The van der Waals surface area contributed by atoms with Crippen molar-refractivity contribution < 1.29 is 4.74 Å². The van der Waals surface area contributed by atoms with Crippen LogP contribution < -0.4 is 5.32 Å². The minimum Gasteiger partial charge on any atom is -0.377 e. The van der Waals surface area contributed by atoms with E-state index in [1.807, 2.05) is 6.07 Å². The van der Waals surface area contributed by atoms with E-state index in [1.54, 1.807) is 18.9 Å². The minimum atomic E-state index is 0.447. The van der Waals surface area contributed by atoms with Gasteiger partial charge in [0.05, 0.1) is 0 Å². The van der Waals surface area contributed by atoms with E-state index in [2.05, 4.69) is 41.0 Å². The van der Waals surface area contributed by atoms with Gasteiger partial charge >= 0.3 is 0 Å². The Balaban J connectivity index is 2.62. The third-order valence-corrected chi connectivity index (χ3v) is 3.82. The molecule has 114 valence electrons. The lowest BCUT2D eigenvalue weighted by molar-refractivity contribution is 0.177. The van der Waals surface area contributed by atoms with Gasteiger partial charge in [0, 0.05) is 32.0 Å². The largest absolute Gasteiger partial charge is 0.377 e. The molecule has 0 saturated heterocycles. The molecular formula is C14H26N4OS. The number of rotatable bonds is 10. The summed E-state index contributed by atoms with van der Waals surface area (Å²) in [5, 5.41) is 4.25. The van der Waals surface area contributed by atoms with Crippen LogP contribution >= 0.6 is 11.8 Å². The van der Waals surface area contributed by atoms with E-state index < -0.39 is 0 Å². The Morgan fingerprint density at radius 1 is 1.25 bits per heavy atom. The van der Waals surface area contributed by atoms with E-state index in [0.29, 0.717) is 6.61 Å². The summed E-state index contributed by atoms with van der Waals surface area (Å²) in [5.41, 5.74) is 0. The molecule has 1 rings (SSSR count). The molecule has 0 aliphatic carbocycles. The Labute approximate surface area is 126 Å². The van der Waals surface area contributed by atoms with Gasteiger partial charge in [-0.1, -0.05) is 13.8 Å². The predicted molar refractivity (Wildman–Crippen MR) is 85.4 cm³/mol. The Kier molecular flexibility index (Phi) is 8.57. The van der Waals surface area contributed by atoms with Gasteiger partial charge in [-0.25, -0.2) is 9.97 Å². The first-order valence-corrected chi connectivity index (χ1v) is 8.17. The van der Waals surface area contributed by atoms with Crippen LogP contribution in [0.3, 0.4) is 0 Å². The zero-order valence-corrected chi connectivity index (χ0v) is 13.8.